The number of hydrogen-bond acceptors (Lipinski definition) is 3. The molecule has 2 aromatic rings. The maximum Gasteiger partial charge on any atom is 0.255 e. The molecule has 0 saturated heterocycles. The topological polar surface area (TPSA) is 68.1 Å². The van der Waals surface area contributed by atoms with Gasteiger partial charge < -0.3 is 15.5 Å². The van der Waals surface area contributed by atoms with Crippen LogP contribution >= 0.6 is 0 Å². The largest absolute Gasteiger partial charge is 0.490 e. The van der Waals surface area contributed by atoms with Gasteiger partial charge >= 0.3 is 0 Å². The molecule has 1 aliphatic rings. The maximum absolute atomic E-state index is 11.6. The first-order valence-electron chi connectivity index (χ1n) is 6.74. The predicted octanol–water partition coefficient (Wildman–Crippen LogP) is 2.03. The van der Waals surface area contributed by atoms with Gasteiger partial charge in [0.15, 0.2) is 0 Å². The van der Waals surface area contributed by atoms with Crippen molar-refractivity contribution in [2.24, 2.45) is 11.7 Å². The first-order chi connectivity index (χ1) is 9.26. The average Bonchev–Trinajstić information content (AvgIpc) is 2.86. The summed E-state index contributed by atoms with van der Waals surface area (Å²) in [7, 11) is 0. The summed E-state index contributed by atoms with van der Waals surface area (Å²) in [6, 6.07) is 7.51. The number of aromatic amines is 1. The van der Waals surface area contributed by atoms with E-state index >= 15 is 0 Å². The van der Waals surface area contributed by atoms with E-state index in [2.05, 4.69) is 4.98 Å². The third-order valence-corrected chi connectivity index (χ3v) is 3.87. The molecule has 1 saturated carbocycles. The number of aromatic nitrogens is 1. The third kappa shape index (κ3) is 2.49. The number of nitrogens with two attached hydrogens (primary N) is 1. The zero-order chi connectivity index (χ0) is 13.2. The summed E-state index contributed by atoms with van der Waals surface area (Å²) in [5.74, 6) is 1.43. The molecule has 3 rings (SSSR count). The van der Waals surface area contributed by atoms with Gasteiger partial charge in [0.25, 0.3) is 5.56 Å². The van der Waals surface area contributed by atoms with Gasteiger partial charge in [-0.25, -0.2) is 0 Å². The minimum atomic E-state index is -0.0619. The first-order valence-corrected chi connectivity index (χ1v) is 6.74. The lowest BCUT2D eigenvalue weighted by molar-refractivity contribution is 0.205. The quantitative estimate of drug-likeness (QED) is 0.885. The smallest absolute Gasteiger partial charge is 0.255 e. The normalized spacial score (nSPS) is 22.8. The lowest BCUT2D eigenvalue weighted by Gasteiger charge is -2.14. The molecule has 1 fully saturated rings. The van der Waals surface area contributed by atoms with Crippen molar-refractivity contribution in [1.82, 2.24) is 4.98 Å². The standard InChI is InChI=1S/C15H18N2O2/c16-9-10-1-2-12(7-10)19-13-3-4-14-11(8-13)5-6-17-15(14)18/h3-6,8,10,12H,1-2,7,9,16H2,(H,17,18). The van der Waals surface area contributed by atoms with Crippen LogP contribution in [-0.2, 0) is 0 Å². The summed E-state index contributed by atoms with van der Waals surface area (Å²) in [5.41, 5.74) is 5.62. The van der Waals surface area contributed by atoms with Crippen LogP contribution in [0.1, 0.15) is 19.3 Å². The van der Waals surface area contributed by atoms with Crippen LogP contribution in [0.5, 0.6) is 5.75 Å². The SMILES string of the molecule is NCC1CCC(Oc2ccc3c(=O)[nH]ccc3c2)C1. The highest BCUT2D eigenvalue weighted by atomic mass is 16.5. The average molecular weight is 258 g/mol. The fourth-order valence-corrected chi connectivity index (χ4v) is 2.79. The lowest BCUT2D eigenvalue weighted by Crippen LogP contribution is -2.15. The molecule has 0 aliphatic heterocycles. The maximum atomic E-state index is 11.6. The van der Waals surface area contributed by atoms with E-state index < -0.39 is 0 Å². The van der Waals surface area contributed by atoms with Gasteiger partial charge in [0.05, 0.1) is 6.10 Å². The second-order valence-electron chi connectivity index (χ2n) is 5.21. The lowest BCUT2D eigenvalue weighted by atomic mass is 10.1. The number of ether oxygens (including phenoxy) is 1. The minimum Gasteiger partial charge on any atom is -0.490 e. The highest BCUT2D eigenvalue weighted by Gasteiger charge is 2.24. The molecule has 1 aromatic heterocycles. The summed E-state index contributed by atoms with van der Waals surface area (Å²) < 4.78 is 5.99. The minimum absolute atomic E-state index is 0.0619. The van der Waals surface area contributed by atoms with Crippen molar-refractivity contribution < 1.29 is 4.74 Å². The van der Waals surface area contributed by atoms with Gasteiger partial charge in [0, 0.05) is 11.6 Å². The second-order valence-corrected chi connectivity index (χ2v) is 5.21. The Hall–Kier alpha value is -1.81. The predicted molar refractivity (Wildman–Crippen MR) is 75.4 cm³/mol. The van der Waals surface area contributed by atoms with Gasteiger partial charge in [-0.2, -0.15) is 0 Å². The number of fused-ring (bicyclic) bond motifs is 1. The van der Waals surface area contributed by atoms with E-state index in [9.17, 15) is 4.79 Å². The molecule has 19 heavy (non-hydrogen) atoms. The Bertz CT molecular complexity index is 635. The Morgan fingerprint density at radius 1 is 1.32 bits per heavy atom. The Kier molecular flexibility index (Phi) is 3.25. The number of pyridine rings is 1. The summed E-state index contributed by atoms with van der Waals surface area (Å²) in [6.07, 6.45) is 5.16. The van der Waals surface area contributed by atoms with Gasteiger partial charge in [-0.15, -0.1) is 0 Å². The molecule has 1 aliphatic carbocycles. The monoisotopic (exact) mass is 258 g/mol. The Balaban J connectivity index is 1.81. The van der Waals surface area contributed by atoms with Crippen molar-refractivity contribution in [3.05, 3.63) is 40.8 Å². The number of rotatable bonds is 3. The van der Waals surface area contributed by atoms with Crippen LogP contribution in [0, 0.1) is 5.92 Å². The number of benzene rings is 1. The fourth-order valence-electron chi connectivity index (χ4n) is 2.79. The van der Waals surface area contributed by atoms with E-state index in [0.29, 0.717) is 11.3 Å². The van der Waals surface area contributed by atoms with Crippen molar-refractivity contribution in [2.45, 2.75) is 25.4 Å². The Morgan fingerprint density at radius 2 is 2.21 bits per heavy atom. The molecular weight excluding hydrogens is 240 g/mol. The fraction of sp³-hybridized carbons (Fsp3) is 0.400. The molecule has 100 valence electrons. The number of nitrogens with one attached hydrogen (secondary N) is 1. The zero-order valence-corrected chi connectivity index (χ0v) is 10.8. The molecule has 4 heteroatoms. The second kappa shape index (κ2) is 5.05. The Morgan fingerprint density at radius 3 is 3.00 bits per heavy atom. The van der Waals surface area contributed by atoms with E-state index in [-0.39, 0.29) is 11.7 Å². The van der Waals surface area contributed by atoms with Crippen molar-refractivity contribution in [3.8, 4) is 5.75 Å². The molecule has 0 amide bonds. The van der Waals surface area contributed by atoms with Gasteiger partial charge in [0.1, 0.15) is 5.75 Å². The van der Waals surface area contributed by atoms with Crippen LogP contribution in [0.3, 0.4) is 0 Å². The van der Waals surface area contributed by atoms with Gasteiger partial charge in [0.2, 0.25) is 0 Å². The summed E-state index contributed by atoms with van der Waals surface area (Å²) in [4.78, 5) is 14.3. The molecular formula is C15H18N2O2. The molecule has 0 bridgehead atoms. The highest BCUT2D eigenvalue weighted by Crippen LogP contribution is 2.29. The number of H-pyrrole nitrogens is 1. The van der Waals surface area contributed by atoms with Gasteiger partial charge in [-0.1, -0.05) is 0 Å². The van der Waals surface area contributed by atoms with E-state index in [1.54, 1.807) is 6.20 Å². The van der Waals surface area contributed by atoms with Crippen molar-refractivity contribution in [3.63, 3.8) is 0 Å². The van der Waals surface area contributed by atoms with E-state index in [0.717, 1.165) is 36.9 Å². The van der Waals surface area contributed by atoms with Crippen LogP contribution in [-0.4, -0.2) is 17.6 Å². The van der Waals surface area contributed by atoms with Crippen LogP contribution in [0.2, 0.25) is 0 Å². The molecule has 4 nitrogen and oxygen atoms in total. The van der Waals surface area contributed by atoms with Crippen LogP contribution in [0.25, 0.3) is 10.8 Å². The summed E-state index contributed by atoms with van der Waals surface area (Å²) in [5, 5.41) is 1.61. The van der Waals surface area contributed by atoms with Crippen LogP contribution < -0.4 is 16.0 Å². The zero-order valence-electron chi connectivity index (χ0n) is 10.8. The number of hydrogen-bond donors (Lipinski definition) is 2. The molecule has 2 atom stereocenters. The molecule has 3 N–H and O–H groups in total. The van der Waals surface area contributed by atoms with E-state index in [1.807, 2.05) is 24.3 Å². The van der Waals surface area contributed by atoms with Gasteiger partial charge in [-0.05, 0) is 61.4 Å². The van der Waals surface area contributed by atoms with E-state index in [4.69, 9.17) is 10.5 Å². The van der Waals surface area contributed by atoms with Crippen LogP contribution in [0.15, 0.2) is 35.3 Å². The molecule has 1 heterocycles. The Labute approximate surface area is 111 Å². The van der Waals surface area contributed by atoms with E-state index in [1.165, 1.54) is 0 Å². The first kappa shape index (κ1) is 12.2. The molecule has 2 unspecified atom stereocenters. The van der Waals surface area contributed by atoms with Crippen LogP contribution in [0.4, 0.5) is 0 Å². The summed E-state index contributed by atoms with van der Waals surface area (Å²) in [6.45, 7) is 0.743. The van der Waals surface area contributed by atoms with Crippen molar-refractivity contribution in [1.29, 1.82) is 0 Å². The molecule has 0 spiro atoms. The van der Waals surface area contributed by atoms with Gasteiger partial charge in [-0.3, -0.25) is 4.79 Å². The highest BCUT2D eigenvalue weighted by molar-refractivity contribution is 5.82. The summed E-state index contributed by atoms with van der Waals surface area (Å²) >= 11 is 0. The van der Waals surface area contributed by atoms with Crippen molar-refractivity contribution >= 4 is 10.8 Å². The van der Waals surface area contributed by atoms with Crippen molar-refractivity contribution in [2.75, 3.05) is 6.54 Å². The molecule has 1 aromatic carbocycles. The molecule has 0 radical (unpaired) electrons. The third-order valence-electron chi connectivity index (χ3n) is 3.87.